The van der Waals surface area contributed by atoms with Crippen molar-refractivity contribution in [1.29, 1.82) is 0 Å². The summed E-state index contributed by atoms with van der Waals surface area (Å²) in [5.74, 6) is 2.44. The van der Waals surface area contributed by atoms with Crippen LogP contribution in [0.15, 0.2) is 24.3 Å². The Morgan fingerprint density at radius 2 is 2.24 bits per heavy atom. The van der Waals surface area contributed by atoms with Crippen molar-refractivity contribution in [2.75, 3.05) is 6.61 Å². The number of benzene rings is 1. The van der Waals surface area contributed by atoms with Crippen molar-refractivity contribution in [3.05, 3.63) is 29.8 Å². The molecule has 0 amide bonds. The summed E-state index contributed by atoms with van der Waals surface area (Å²) in [5.41, 5.74) is 0.981. The Hall–Kier alpha value is -1.44. The van der Waals surface area contributed by atoms with Gasteiger partial charge in [0.05, 0.1) is 6.61 Å². The van der Waals surface area contributed by atoms with Crippen LogP contribution in [0, 0.1) is 5.92 Å². The van der Waals surface area contributed by atoms with Crippen molar-refractivity contribution in [2.24, 2.45) is 5.92 Å². The minimum Gasteiger partial charge on any atom is -0.490 e. The molecule has 0 spiro atoms. The second-order valence-electron chi connectivity index (χ2n) is 5.00. The molecule has 1 aromatic rings. The van der Waals surface area contributed by atoms with Gasteiger partial charge in [0.15, 0.2) is 11.5 Å². The van der Waals surface area contributed by atoms with E-state index in [0.29, 0.717) is 12.5 Å². The summed E-state index contributed by atoms with van der Waals surface area (Å²) in [4.78, 5) is 0. The average Bonchev–Trinajstić information content (AvgIpc) is 3.15. The van der Waals surface area contributed by atoms with E-state index in [1.807, 2.05) is 19.1 Å². The van der Waals surface area contributed by atoms with Gasteiger partial charge < -0.3 is 9.47 Å². The summed E-state index contributed by atoms with van der Waals surface area (Å²) >= 11 is 0. The maximum atomic E-state index is 6.22. The molecule has 2 aliphatic rings. The largest absolute Gasteiger partial charge is 0.490 e. The lowest BCUT2D eigenvalue weighted by Gasteiger charge is -2.32. The highest BCUT2D eigenvalue weighted by molar-refractivity contribution is 5.65. The van der Waals surface area contributed by atoms with Crippen molar-refractivity contribution < 1.29 is 9.47 Å². The van der Waals surface area contributed by atoms with Crippen molar-refractivity contribution in [2.45, 2.75) is 32.3 Å². The molecule has 2 nitrogen and oxygen atoms in total. The summed E-state index contributed by atoms with van der Waals surface area (Å²) in [5, 5.41) is 0. The summed E-state index contributed by atoms with van der Waals surface area (Å²) in [7, 11) is 0. The third kappa shape index (κ3) is 1.82. The molecule has 1 heterocycles. The van der Waals surface area contributed by atoms with E-state index in [0.717, 1.165) is 17.1 Å². The summed E-state index contributed by atoms with van der Waals surface area (Å²) in [6, 6.07) is 6.06. The van der Waals surface area contributed by atoms with Gasteiger partial charge in [0, 0.05) is 11.5 Å². The highest BCUT2D eigenvalue weighted by Gasteiger charge is 2.43. The second kappa shape index (κ2) is 3.80. The van der Waals surface area contributed by atoms with Gasteiger partial charge in [0.1, 0.15) is 5.60 Å². The molecule has 0 radical (unpaired) electrons. The maximum absolute atomic E-state index is 6.22. The zero-order valence-electron chi connectivity index (χ0n) is 10.4. The second-order valence-corrected chi connectivity index (χ2v) is 5.00. The number of hydrogen-bond acceptors (Lipinski definition) is 2. The van der Waals surface area contributed by atoms with Crippen LogP contribution in [0.3, 0.4) is 0 Å². The predicted octanol–water partition coefficient (Wildman–Crippen LogP) is 3.66. The fourth-order valence-electron chi connectivity index (χ4n) is 2.43. The molecule has 1 atom stereocenters. The van der Waals surface area contributed by atoms with Crippen LogP contribution in [-0.2, 0) is 0 Å². The highest BCUT2D eigenvalue weighted by Crippen LogP contribution is 2.48. The summed E-state index contributed by atoms with van der Waals surface area (Å²) < 4.78 is 11.9. The molecule has 0 aromatic heterocycles. The molecular formula is C15H18O2. The fourth-order valence-corrected chi connectivity index (χ4v) is 2.43. The summed E-state index contributed by atoms with van der Waals surface area (Å²) in [6.07, 6.45) is 6.91. The van der Waals surface area contributed by atoms with E-state index in [4.69, 9.17) is 9.47 Å². The average molecular weight is 230 g/mol. The number of fused-ring (bicyclic) bond motifs is 1. The van der Waals surface area contributed by atoms with Gasteiger partial charge in [-0.15, -0.1) is 0 Å². The van der Waals surface area contributed by atoms with Crippen molar-refractivity contribution in [3.63, 3.8) is 0 Å². The molecule has 1 unspecified atom stereocenters. The van der Waals surface area contributed by atoms with Crippen LogP contribution in [0.2, 0.25) is 0 Å². The third-order valence-corrected chi connectivity index (χ3v) is 3.61. The molecule has 0 N–H and O–H groups in total. The Morgan fingerprint density at radius 3 is 2.94 bits per heavy atom. The Balaban J connectivity index is 1.98. The van der Waals surface area contributed by atoms with Crippen molar-refractivity contribution in [3.8, 4) is 11.5 Å². The molecule has 0 bridgehead atoms. The minimum atomic E-state index is -0.139. The summed E-state index contributed by atoms with van der Waals surface area (Å²) in [6.45, 7) is 4.84. The van der Waals surface area contributed by atoms with Gasteiger partial charge in [0.2, 0.25) is 0 Å². The quantitative estimate of drug-likeness (QED) is 0.789. The van der Waals surface area contributed by atoms with Crippen LogP contribution in [0.4, 0.5) is 0 Å². The molecule has 2 heteroatoms. The molecular weight excluding hydrogens is 212 g/mol. The molecule has 1 fully saturated rings. The lowest BCUT2D eigenvalue weighted by atomic mass is 9.95. The highest BCUT2D eigenvalue weighted by atomic mass is 16.5. The Bertz CT molecular complexity index is 460. The van der Waals surface area contributed by atoms with Crippen molar-refractivity contribution >= 4 is 6.08 Å². The first-order valence-corrected chi connectivity index (χ1v) is 6.37. The van der Waals surface area contributed by atoms with Gasteiger partial charge in [-0.05, 0) is 38.8 Å². The van der Waals surface area contributed by atoms with E-state index in [-0.39, 0.29) is 5.60 Å². The first-order valence-electron chi connectivity index (χ1n) is 6.37. The molecule has 1 aromatic carbocycles. The maximum Gasteiger partial charge on any atom is 0.169 e. The first kappa shape index (κ1) is 10.7. The molecule has 0 saturated heterocycles. The lowest BCUT2D eigenvalue weighted by Crippen LogP contribution is -2.34. The smallest absolute Gasteiger partial charge is 0.169 e. The van der Waals surface area contributed by atoms with Gasteiger partial charge in [-0.2, -0.15) is 0 Å². The number of para-hydroxylation sites is 1. The Morgan fingerprint density at radius 1 is 1.41 bits per heavy atom. The third-order valence-electron chi connectivity index (χ3n) is 3.61. The molecule has 1 aliphatic carbocycles. The van der Waals surface area contributed by atoms with Gasteiger partial charge >= 0.3 is 0 Å². The molecule has 90 valence electrons. The Kier molecular flexibility index (Phi) is 2.39. The fraction of sp³-hybridized carbons (Fsp3) is 0.467. The van der Waals surface area contributed by atoms with E-state index in [9.17, 15) is 0 Å². The van der Waals surface area contributed by atoms with Gasteiger partial charge in [-0.1, -0.05) is 18.2 Å². The molecule has 17 heavy (non-hydrogen) atoms. The minimum absolute atomic E-state index is 0.139. The normalized spacial score (nSPS) is 26.2. The SMILES string of the molecule is CCOc1cccc2c1OC(C)(C1CC1)C=C2. The van der Waals surface area contributed by atoms with E-state index >= 15 is 0 Å². The van der Waals surface area contributed by atoms with Crippen LogP contribution in [0.25, 0.3) is 6.08 Å². The van der Waals surface area contributed by atoms with E-state index in [2.05, 4.69) is 25.1 Å². The molecule has 1 saturated carbocycles. The first-order chi connectivity index (χ1) is 8.23. The number of hydrogen-bond donors (Lipinski definition) is 0. The van der Waals surface area contributed by atoms with Gasteiger partial charge in [0.25, 0.3) is 0 Å². The predicted molar refractivity (Wildman–Crippen MR) is 68.4 cm³/mol. The van der Waals surface area contributed by atoms with Crippen molar-refractivity contribution in [1.82, 2.24) is 0 Å². The van der Waals surface area contributed by atoms with Crippen LogP contribution in [0.5, 0.6) is 11.5 Å². The lowest BCUT2D eigenvalue weighted by molar-refractivity contribution is 0.107. The van der Waals surface area contributed by atoms with E-state index in [1.54, 1.807) is 0 Å². The standard InChI is InChI=1S/C15H18O2/c1-3-16-13-6-4-5-11-9-10-15(2,12-7-8-12)17-14(11)13/h4-6,9-10,12H,3,7-8H2,1-2H3. The van der Waals surface area contributed by atoms with Gasteiger partial charge in [-0.25, -0.2) is 0 Å². The number of ether oxygens (including phenoxy) is 2. The number of rotatable bonds is 3. The Labute approximate surface area is 102 Å². The monoisotopic (exact) mass is 230 g/mol. The van der Waals surface area contributed by atoms with Crippen LogP contribution < -0.4 is 9.47 Å². The van der Waals surface area contributed by atoms with Gasteiger partial charge in [-0.3, -0.25) is 0 Å². The zero-order valence-corrected chi connectivity index (χ0v) is 10.4. The zero-order chi connectivity index (χ0) is 11.9. The topological polar surface area (TPSA) is 18.5 Å². The van der Waals surface area contributed by atoms with Crippen LogP contribution in [-0.4, -0.2) is 12.2 Å². The molecule has 1 aliphatic heterocycles. The van der Waals surface area contributed by atoms with Crippen LogP contribution in [0.1, 0.15) is 32.3 Å². The van der Waals surface area contributed by atoms with Crippen LogP contribution >= 0.6 is 0 Å². The van der Waals surface area contributed by atoms with E-state index in [1.165, 1.54) is 12.8 Å². The van der Waals surface area contributed by atoms with E-state index < -0.39 is 0 Å². The molecule has 3 rings (SSSR count).